The molecular weight excluding hydrogens is 212 g/mol. The van der Waals surface area contributed by atoms with Crippen LogP contribution in [-0.4, -0.2) is 29.8 Å². The van der Waals surface area contributed by atoms with Gasteiger partial charge in [-0.3, -0.25) is 0 Å². The van der Waals surface area contributed by atoms with Crippen LogP contribution in [-0.2, 0) is 5.41 Å². The fraction of sp³-hybridized carbons (Fsp3) is 0.571. The van der Waals surface area contributed by atoms with E-state index in [9.17, 15) is 5.11 Å². The zero-order chi connectivity index (χ0) is 11.5. The highest BCUT2D eigenvalue weighted by Crippen LogP contribution is 2.52. The lowest BCUT2D eigenvalue weighted by atomic mass is 9.64. The van der Waals surface area contributed by atoms with Crippen molar-refractivity contribution in [1.29, 1.82) is 0 Å². The highest BCUT2D eigenvalue weighted by Gasteiger charge is 2.58. The quantitative estimate of drug-likeness (QED) is 0.628. The second kappa shape index (κ2) is 3.24. The normalized spacial score (nSPS) is 42.5. The Bertz CT molecular complexity index is 461. The smallest absolute Gasteiger partial charge is 0.0751 e. The Hall–Kier alpha value is -1.06. The molecule has 0 unspecified atom stereocenters. The molecule has 0 amide bonds. The summed E-state index contributed by atoms with van der Waals surface area (Å²) in [5.41, 5.74) is 2.78. The second-order valence-corrected chi connectivity index (χ2v) is 5.61. The first-order valence-electron chi connectivity index (χ1n) is 6.60. The van der Waals surface area contributed by atoms with E-state index >= 15 is 0 Å². The van der Waals surface area contributed by atoms with E-state index in [-0.39, 0.29) is 17.6 Å². The van der Waals surface area contributed by atoms with Crippen molar-refractivity contribution >= 4 is 5.69 Å². The third-order valence-corrected chi connectivity index (χ3v) is 4.98. The number of anilines is 1. The standard InChI is InChI=1S/C14H18N2O/c17-11-5-6-12-14(7-8-15-12)9-3-1-2-4-10(9)16-13(11)14/h1-4,11-13,15-17H,5-8H2/t11-,12-,13-,14+/m0/s1. The first-order chi connectivity index (χ1) is 8.32. The number of hydrogen-bond acceptors (Lipinski definition) is 3. The van der Waals surface area contributed by atoms with Gasteiger partial charge in [-0.2, -0.15) is 0 Å². The summed E-state index contributed by atoms with van der Waals surface area (Å²) < 4.78 is 0. The molecule has 0 aromatic heterocycles. The Balaban J connectivity index is 1.91. The molecule has 1 aromatic rings. The number of benzene rings is 1. The van der Waals surface area contributed by atoms with Crippen molar-refractivity contribution in [1.82, 2.24) is 5.32 Å². The SMILES string of the molecule is O[C@H]1CC[C@@H]2NCC[C@@]23c2ccccc2N[C@@H]13. The fourth-order valence-corrected chi connectivity index (χ4v) is 4.29. The summed E-state index contributed by atoms with van der Waals surface area (Å²) in [5, 5.41) is 17.5. The number of aliphatic hydroxyl groups is 1. The molecule has 1 aromatic carbocycles. The van der Waals surface area contributed by atoms with Crippen LogP contribution in [0, 0.1) is 0 Å². The molecule has 3 N–H and O–H groups in total. The molecule has 1 saturated carbocycles. The van der Waals surface area contributed by atoms with Crippen LogP contribution in [0.15, 0.2) is 24.3 Å². The summed E-state index contributed by atoms with van der Waals surface area (Å²) in [6, 6.07) is 9.31. The lowest BCUT2D eigenvalue weighted by Crippen LogP contribution is -2.57. The van der Waals surface area contributed by atoms with Crippen molar-refractivity contribution in [2.45, 2.75) is 42.9 Å². The minimum absolute atomic E-state index is 0.133. The van der Waals surface area contributed by atoms with E-state index in [1.165, 1.54) is 11.3 Å². The van der Waals surface area contributed by atoms with Crippen LogP contribution in [0.4, 0.5) is 5.69 Å². The Morgan fingerprint density at radius 2 is 2.12 bits per heavy atom. The summed E-state index contributed by atoms with van der Waals surface area (Å²) in [6.07, 6.45) is 2.93. The van der Waals surface area contributed by atoms with Gasteiger partial charge in [-0.25, -0.2) is 0 Å². The van der Waals surface area contributed by atoms with Gasteiger partial charge in [0.05, 0.1) is 12.1 Å². The molecular formula is C14H18N2O. The van der Waals surface area contributed by atoms with Crippen molar-refractivity contribution in [3.8, 4) is 0 Å². The average molecular weight is 230 g/mol. The van der Waals surface area contributed by atoms with Crippen LogP contribution in [0.25, 0.3) is 0 Å². The van der Waals surface area contributed by atoms with Gasteiger partial charge in [0.15, 0.2) is 0 Å². The maximum Gasteiger partial charge on any atom is 0.0751 e. The van der Waals surface area contributed by atoms with Gasteiger partial charge in [-0.15, -0.1) is 0 Å². The molecule has 2 fully saturated rings. The number of rotatable bonds is 0. The van der Waals surface area contributed by atoms with Crippen LogP contribution in [0.5, 0.6) is 0 Å². The number of nitrogens with one attached hydrogen (secondary N) is 2. The minimum Gasteiger partial charge on any atom is -0.391 e. The molecule has 0 radical (unpaired) electrons. The van der Waals surface area contributed by atoms with Crippen molar-refractivity contribution in [2.75, 3.05) is 11.9 Å². The Morgan fingerprint density at radius 3 is 3.06 bits per heavy atom. The van der Waals surface area contributed by atoms with Crippen LogP contribution in [0.2, 0.25) is 0 Å². The summed E-state index contributed by atoms with van der Waals surface area (Å²) in [5.74, 6) is 0. The lowest BCUT2D eigenvalue weighted by Gasteiger charge is -2.44. The molecule has 1 spiro atoms. The largest absolute Gasteiger partial charge is 0.391 e. The van der Waals surface area contributed by atoms with E-state index in [2.05, 4.69) is 34.9 Å². The third-order valence-electron chi connectivity index (χ3n) is 4.98. The Kier molecular flexibility index (Phi) is 1.89. The molecule has 2 heterocycles. The molecule has 2 aliphatic heterocycles. The van der Waals surface area contributed by atoms with Crippen LogP contribution in [0.3, 0.4) is 0 Å². The predicted octanol–water partition coefficient (Wildman–Crippen LogP) is 1.24. The number of fused-ring (bicyclic) bond motifs is 1. The van der Waals surface area contributed by atoms with E-state index < -0.39 is 0 Å². The maximum atomic E-state index is 10.3. The van der Waals surface area contributed by atoms with Gasteiger partial charge in [0.2, 0.25) is 0 Å². The monoisotopic (exact) mass is 230 g/mol. The van der Waals surface area contributed by atoms with Gasteiger partial charge in [-0.1, -0.05) is 18.2 Å². The molecule has 90 valence electrons. The van der Waals surface area contributed by atoms with Crippen LogP contribution < -0.4 is 10.6 Å². The first-order valence-corrected chi connectivity index (χ1v) is 6.60. The van der Waals surface area contributed by atoms with Gasteiger partial charge in [0, 0.05) is 17.1 Å². The number of hydrogen-bond donors (Lipinski definition) is 3. The molecule has 3 nitrogen and oxygen atoms in total. The molecule has 3 heteroatoms. The summed E-state index contributed by atoms with van der Waals surface area (Å²) in [4.78, 5) is 0. The molecule has 4 rings (SSSR count). The van der Waals surface area contributed by atoms with E-state index in [1.807, 2.05) is 0 Å². The number of aliphatic hydroxyl groups excluding tert-OH is 1. The number of para-hydroxylation sites is 1. The molecule has 0 bridgehead atoms. The first kappa shape index (κ1) is 9.92. The van der Waals surface area contributed by atoms with Crippen LogP contribution in [0.1, 0.15) is 24.8 Å². The Labute approximate surface area is 101 Å². The minimum atomic E-state index is -0.210. The van der Waals surface area contributed by atoms with Crippen molar-refractivity contribution in [3.63, 3.8) is 0 Å². The average Bonchev–Trinajstić information content (AvgIpc) is 2.92. The van der Waals surface area contributed by atoms with E-state index in [0.29, 0.717) is 6.04 Å². The van der Waals surface area contributed by atoms with Gasteiger partial charge < -0.3 is 15.7 Å². The topological polar surface area (TPSA) is 44.3 Å². The van der Waals surface area contributed by atoms with E-state index in [4.69, 9.17) is 0 Å². The van der Waals surface area contributed by atoms with Crippen molar-refractivity contribution < 1.29 is 5.11 Å². The van der Waals surface area contributed by atoms with E-state index in [0.717, 1.165) is 25.8 Å². The summed E-state index contributed by atoms with van der Waals surface area (Å²) >= 11 is 0. The van der Waals surface area contributed by atoms with Gasteiger partial charge >= 0.3 is 0 Å². The zero-order valence-electron chi connectivity index (χ0n) is 9.82. The van der Waals surface area contributed by atoms with Gasteiger partial charge in [0.1, 0.15) is 0 Å². The maximum absolute atomic E-state index is 10.3. The van der Waals surface area contributed by atoms with Gasteiger partial charge in [0.25, 0.3) is 0 Å². The molecule has 3 aliphatic rings. The van der Waals surface area contributed by atoms with E-state index in [1.54, 1.807) is 0 Å². The lowest BCUT2D eigenvalue weighted by molar-refractivity contribution is 0.0678. The van der Waals surface area contributed by atoms with Crippen LogP contribution >= 0.6 is 0 Å². The summed E-state index contributed by atoms with van der Waals surface area (Å²) in [7, 11) is 0. The fourth-order valence-electron chi connectivity index (χ4n) is 4.29. The molecule has 1 aliphatic carbocycles. The second-order valence-electron chi connectivity index (χ2n) is 5.61. The zero-order valence-corrected chi connectivity index (χ0v) is 9.82. The molecule has 4 atom stereocenters. The highest BCUT2D eigenvalue weighted by molar-refractivity contribution is 5.64. The summed E-state index contributed by atoms with van der Waals surface area (Å²) in [6.45, 7) is 1.07. The third kappa shape index (κ3) is 1.09. The molecule has 17 heavy (non-hydrogen) atoms. The van der Waals surface area contributed by atoms with Crippen molar-refractivity contribution in [3.05, 3.63) is 29.8 Å². The van der Waals surface area contributed by atoms with Crippen molar-refractivity contribution in [2.24, 2.45) is 0 Å². The molecule has 1 saturated heterocycles. The highest BCUT2D eigenvalue weighted by atomic mass is 16.3. The van der Waals surface area contributed by atoms with Gasteiger partial charge in [-0.05, 0) is 37.4 Å². The predicted molar refractivity (Wildman–Crippen MR) is 67.2 cm³/mol. The Morgan fingerprint density at radius 1 is 1.24 bits per heavy atom.